The van der Waals surface area contributed by atoms with Crippen LogP contribution in [0.5, 0.6) is 0 Å². The van der Waals surface area contributed by atoms with E-state index in [1.165, 1.54) is 25.9 Å². The summed E-state index contributed by atoms with van der Waals surface area (Å²) in [5, 5.41) is 3.29. The van der Waals surface area contributed by atoms with Crippen LogP contribution in [0.2, 0.25) is 0 Å². The van der Waals surface area contributed by atoms with Gasteiger partial charge in [0.05, 0.1) is 6.61 Å². The van der Waals surface area contributed by atoms with E-state index in [0.29, 0.717) is 18.0 Å². The van der Waals surface area contributed by atoms with Crippen LogP contribution in [0.3, 0.4) is 0 Å². The average Bonchev–Trinajstić information content (AvgIpc) is 2.50. The zero-order valence-electron chi connectivity index (χ0n) is 13.0. The van der Waals surface area contributed by atoms with E-state index in [1.54, 1.807) is 18.3 Å². The highest BCUT2D eigenvalue weighted by Gasteiger charge is 2.17. The summed E-state index contributed by atoms with van der Waals surface area (Å²) in [6.07, 6.45) is 5.32. The first kappa shape index (κ1) is 15.8. The van der Waals surface area contributed by atoms with Crippen LogP contribution in [0, 0.1) is 5.92 Å². The summed E-state index contributed by atoms with van der Waals surface area (Å²) in [7, 11) is 2.17. The molecule has 5 nitrogen and oxygen atoms in total. The third kappa shape index (κ3) is 4.70. The van der Waals surface area contributed by atoms with Gasteiger partial charge in [-0.05, 0) is 64.4 Å². The quantitative estimate of drug-likeness (QED) is 0.816. The number of nitrogens with one attached hydrogen (secondary N) is 1. The average molecular weight is 291 g/mol. The van der Waals surface area contributed by atoms with Crippen molar-refractivity contribution in [3.05, 3.63) is 23.9 Å². The normalized spacial score (nSPS) is 16.7. The standard InChI is InChI=1S/C16H25N3O2/c1-3-21-16(20)14-5-4-9-17-15(14)18-10-6-13-7-11-19(2)12-8-13/h4-5,9,13H,3,6-8,10-12H2,1-2H3,(H,17,18). The zero-order chi connectivity index (χ0) is 15.1. The predicted molar refractivity (Wildman–Crippen MR) is 83.5 cm³/mol. The minimum absolute atomic E-state index is 0.313. The van der Waals surface area contributed by atoms with Gasteiger partial charge in [-0.2, -0.15) is 0 Å². The predicted octanol–water partition coefficient (Wildman–Crippen LogP) is 2.40. The number of nitrogens with zero attached hydrogens (tertiary/aromatic N) is 2. The Kier molecular flexibility index (Phi) is 5.99. The highest BCUT2D eigenvalue weighted by molar-refractivity contribution is 5.94. The van der Waals surface area contributed by atoms with E-state index < -0.39 is 0 Å². The van der Waals surface area contributed by atoms with E-state index in [0.717, 1.165) is 18.9 Å². The summed E-state index contributed by atoms with van der Waals surface area (Å²) in [4.78, 5) is 18.5. The van der Waals surface area contributed by atoms with Gasteiger partial charge in [-0.25, -0.2) is 9.78 Å². The van der Waals surface area contributed by atoms with E-state index in [-0.39, 0.29) is 5.97 Å². The van der Waals surface area contributed by atoms with E-state index in [1.807, 2.05) is 6.92 Å². The van der Waals surface area contributed by atoms with Crippen LogP contribution < -0.4 is 5.32 Å². The molecule has 0 aromatic carbocycles. The van der Waals surface area contributed by atoms with Crippen LogP contribution in [-0.2, 0) is 4.74 Å². The Balaban J connectivity index is 1.84. The monoisotopic (exact) mass is 291 g/mol. The molecule has 1 aromatic heterocycles. The number of esters is 1. The molecule has 1 N–H and O–H groups in total. The summed E-state index contributed by atoms with van der Waals surface area (Å²) < 4.78 is 5.05. The first-order valence-electron chi connectivity index (χ1n) is 7.75. The molecule has 1 fully saturated rings. The van der Waals surface area contributed by atoms with Crippen LogP contribution in [0.1, 0.15) is 36.5 Å². The van der Waals surface area contributed by atoms with E-state index in [2.05, 4.69) is 22.2 Å². The summed E-state index contributed by atoms with van der Waals surface area (Å²) in [5.41, 5.74) is 0.516. The number of ether oxygens (including phenoxy) is 1. The van der Waals surface area contributed by atoms with Gasteiger partial charge >= 0.3 is 5.97 Å². The SMILES string of the molecule is CCOC(=O)c1cccnc1NCCC1CCN(C)CC1. The fraction of sp³-hybridized carbons (Fsp3) is 0.625. The third-order valence-corrected chi connectivity index (χ3v) is 3.99. The van der Waals surface area contributed by atoms with Crippen molar-refractivity contribution in [3.8, 4) is 0 Å². The summed E-state index contributed by atoms with van der Waals surface area (Å²) >= 11 is 0. The summed E-state index contributed by atoms with van der Waals surface area (Å²) in [5.74, 6) is 1.08. The molecular formula is C16H25N3O2. The first-order valence-corrected chi connectivity index (χ1v) is 7.75. The van der Waals surface area contributed by atoms with Crippen LogP contribution in [-0.4, -0.2) is 49.1 Å². The molecule has 1 aliphatic rings. The molecule has 5 heteroatoms. The second-order valence-electron chi connectivity index (χ2n) is 5.58. The van der Waals surface area contributed by atoms with Crippen molar-refractivity contribution < 1.29 is 9.53 Å². The second kappa shape index (κ2) is 7.98. The molecule has 0 radical (unpaired) electrons. The molecule has 0 aliphatic carbocycles. The van der Waals surface area contributed by atoms with Gasteiger partial charge in [-0.1, -0.05) is 0 Å². The van der Waals surface area contributed by atoms with E-state index >= 15 is 0 Å². The number of hydrogen-bond acceptors (Lipinski definition) is 5. The van der Waals surface area contributed by atoms with Crippen LogP contribution >= 0.6 is 0 Å². The molecule has 0 amide bonds. The fourth-order valence-electron chi connectivity index (χ4n) is 2.67. The first-order chi connectivity index (χ1) is 10.2. The number of aromatic nitrogens is 1. The van der Waals surface area contributed by atoms with Gasteiger partial charge in [0.15, 0.2) is 0 Å². The molecule has 2 rings (SSSR count). The van der Waals surface area contributed by atoms with Crippen molar-refractivity contribution in [2.45, 2.75) is 26.2 Å². The number of anilines is 1. The molecule has 1 aromatic rings. The van der Waals surface area contributed by atoms with Crippen molar-refractivity contribution >= 4 is 11.8 Å². The van der Waals surface area contributed by atoms with Crippen molar-refractivity contribution in [2.75, 3.05) is 38.6 Å². The largest absolute Gasteiger partial charge is 0.462 e. The van der Waals surface area contributed by atoms with Gasteiger partial charge in [0, 0.05) is 12.7 Å². The summed E-state index contributed by atoms with van der Waals surface area (Å²) in [6, 6.07) is 3.51. The van der Waals surface area contributed by atoms with Crippen molar-refractivity contribution in [1.29, 1.82) is 0 Å². The Morgan fingerprint density at radius 2 is 2.24 bits per heavy atom. The van der Waals surface area contributed by atoms with Crippen LogP contribution in [0.15, 0.2) is 18.3 Å². The van der Waals surface area contributed by atoms with Crippen molar-refractivity contribution in [1.82, 2.24) is 9.88 Å². The maximum atomic E-state index is 11.9. The van der Waals surface area contributed by atoms with Crippen LogP contribution in [0.25, 0.3) is 0 Å². The lowest BCUT2D eigenvalue weighted by Crippen LogP contribution is -2.31. The van der Waals surface area contributed by atoms with Gasteiger partial charge in [0.1, 0.15) is 11.4 Å². The van der Waals surface area contributed by atoms with E-state index in [4.69, 9.17) is 4.74 Å². The highest BCUT2D eigenvalue weighted by atomic mass is 16.5. The topological polar surface area (TPSA) is 54.5 Å². The maximum absolute atomic E-state index is 11.9. The lowest BCUT2D eigenvalue weighted by Gasteiger charge is -2.28. The van der Waals surface area contributed by atoms with Gasteiger partial charge in [0.25, 0.3) is 0 Å². The van der Waals surface area contributed by atoms with Gasteiger partial charge in [0.2, 0.25) is 0 Å². The molecule has 0 spiro atoms. The lowest BCUT2D eigenvalue weighted by atomic mass is 9.94. The number of piperidine rings is 1. The third-order valence-electron chi connectivity index (χ3n) is 3.99. The lowest BCUT2D eigenvalue weighted by molar-refractivity contribution is 0.0527. The summed E-state index contributed by atoms with van der Waals surface area (Å²) in [6.45, 7) is 5.40. The highest BCUT2D eigenvalue weighted by Crippen LogP contribution is 2.20. The molecule has 0 bridgehead atoms. The molecule has 0 unspecified atom stereocenters. The Morgan fingerprint density at radius 1 is 1.48 bits per heavy atom. The number of pyridine rings is 1. The number of rotatable bonds is 6. The molecule has 116 valence electrons. The molecule has 1 saturated heterocycles. The molecule has 1 aliphatic heterocycles. The number of carbonyl (C=O) groups excluding carboxylic acids is 1. The number of hydrogen-bond donors (Lipinski definition) is 1. The Morgan fingerprint density at radius 3 is 2.95 bits per heavy atom. The van der Waals surface area contributed by atoms with Crippen LogP contribution in [0.4, 0.5) is 5.82 Å². The molecule has 0 atom stereocenters. The zero-order valence-corrected chi connectivity index (χ0v) is 13.0. The molecule has 21 heavy (non-hydrogen) atoms. The van der Waals surface area contributed by atoms with Gasteiger partial charge in [-0.15, -0.1) is 0 Å². The van der Waals surface area contributed by atoms with Crippen molar-refractivity contribution in [3.63, 3.8) is 0 Å². The Labute approximate surface area is 126 Å². The molecule has 0 saturated carbocycles. The fourth-order valence-corrected chi connectivity index (χ4v) is 2.67. The molecular weight excluding hydrogens is 266 g/mol. The second-order valence-corrected chi connectivity index (χ2v) is 5.58. The number of likely N-dealkylation sites (tertiary alicyclic amines) is 1. The van der Waals surface area contributed by atoms with E-state index in [9.17, 15) is 4.79 Å². The van der Waals surface area contributed by atoms with Gasteiger partial charge < -0.3 is 15.0 Å². The minimum Gasteiger partial charge on any atom is -0.462 e. The minimum atomic E-state index is -0.313. The maximum Gasteiger partial charge on any atom is 0.341 e. The molecule has 2 heterocycles. The Hall–Kier alpha value is -1.62. The van der Waals surface area contributed by atoms with Crippen molar-refractivity contribution in [2.24, 2.45) is 5.92 Å². The smallest absolute Gasteiger partial charge is 0.341 e. The Bertz CT molecular complexity index is 457. The number of carbonyl (C=O) groups is 1. The van der Waals surface area contributed by atoms with Gasteiger partial charge in [-0.3, -0.25) is 0 Å².